The van der Waals surface area contributed by atoms with Crippen LogP contribution in [0.5, 0.6) is 0 Å². The van der Waals surface area contributed by atoms with Gasteiger partial charge in [0, 0.05) is 37.2 Å². The third-order valence-electron chi connectivity index (χ3n) is 10.4. The summed E-state index contributed by atoms with van der Waals surface area (Å²) in [7, 11) is 0. The Hall–Kier alpha value is -6.74. The van der Waals surface area contributed by atoms with E-state index in [0.717, 1.165) is 17.1 Å². The monoisotopic (exact) mass is 705 g/mol. The Morgan fingerprint density at radius 3 is 1.35 bits per heavy atom. The van der Waals surface area contributed by atoms with E-state index < -0.39 is 0 Å². The van der Waals surface area contributed by atoms with Crippen LogP contribution in [0, 0.1) is 0 Å². The first-order chi connectivity index (χ1) is 26.8. The molecule has 0 saturated carbocycles. The molecule has 0 fully saturated rings. The minimum atomic E-state index is 1.15. The van der Waals surface area contributed by atoms with Gasteiger partial charge >= 0.3 is 0 Å². The highest BCUT2D eigenvalue weighted by atomic mass is 32.1. The summed E-state index contributed by atoms with van der Waals surface area (Å²) in [4.78, 5) is 2.33. The van der Waals surface area contributed by atoms with Gasteiger partial charge in [0.2, 0.25) is 0 Å². The molecule has 0 aliphatic rings. The second-order valence-corrected chi connectivity index (χ2v) is 14.8. The van der Waals surface area contributed by atoms with Crippen LogP contribution in [0.4, 0.5) is 17.1 Å². The van der Waals surface area contributed by atoms with Crippen molar-refractivity contribution < 1.29 is 0 Å². The van der Waals surface area contributed by atoms with E-state index in [4.69, 9.17) is 0 Å². The van der Waals surface area contributed by atoms with Crippen molar-refractivity contribution in [3.05, 3.63) is 211 Å². The number of fused-ring (bicyclic) bond motifs is 6. The van der Waals surface area contributed by atoms with Crippen LogP contribution in [0.15, 0.2) is 200 Å². The Bertz CT molecular complexity index is 2920. The molecular formula is C52H35NS. The molecule has 0 spiro atoms. The van der Waals surface area contributed by atoms with Crippen LogP contribution in [-0.2, 0) is 0 Å². The minimum absolute atomic E-state index is 1.15. The molecule has 254 valence electrons. The van der Waals surface area contributed by atoms with E-state index in [1.54, 1.807) is 0 Å². The van der Waals surface area contributed by atoms with Crippen molar-refractivity contribution in [1.29, 1.82) is 0 Å². The van der Waals surface area contributed by atoms with Gasteiger partial charge in [0.15, 0.2) is 0 Å². The second-order valence-electron chi connectivity index (χ2n) is 13.7. The lowest BCUT2D eigenvalue weighted by Crippen LogP contribution is -2.09. The molecular weight excluding hydrogens is 671 g/mol. The smallest absolute Gasteiger partial charge is 0.0476 e. The van der Waals surface area contributed by atoms with Crippen LogP contribution in [0.3, 0.4) is 0 Å². The molecule has 0 saturated heterocycles. The quantitative estimate of drug-likeness (QED) is 0.118. The van der Waals surface area contributed by atoms with Crippen LogP contribution < -0.4 is 4.90 Å². The molecule has 9 aromatic carbocycles. The summed E-state index contributed by atoms with van der Waals surface area (Å²) in [5.41, 5.74) is 10.8. The fraction of sp³-hybridized carbons (Fsp3) is 0. The molecule has 1 heterocycles. The predicted octanol–water partition coefficient (Wildman–Crippen LogP) is 15.3. The maximum Gasteiger partial charge on any atom is 0.0476 e. The standard InChI is InChI=1S/C52H35NS/c1-4-14-38(15-5-1)51-47-22-12-10-20-43(47)44-21-11-13-23-48(44)52(51)39-29-26-36(27-30-39)24-25-37-28-32-45-46-33-31-42(35-50(46)54-49(45)34-37)53(40-16-6-2-7-17-40)41-18-8-3-9-19-41/h1-35H/b25-24+. The van der Waals surface area contributed by atoms with Gasteiger partial charge in [0.25, 0.3) is 0 Å². The van der Waals surface area contributed by atoms with Gasteiger partial charge in [-0.1, -0.05) is 170 Å². The maximum atomic E-state index is 2.33. The average Bonchev–Trinajstić information content (AvgIpc) is 3.61. The zero-order valence-corrected chi connectivity index (χ0v) is 30.4. The number of hydrogen-bond donors (Lipinski definition) is 0. The molecule has 0 aliphatic heterocycles. The van der Waals surface area contributed by atoms with Crippen molar-refractivity contribution in [3.63, 3.8) is 0 Å². The summed E-state index contributed by atoms with van der Waals surface area (Å²) in [6.45, 7) is 0. The third-order valence-corrected chi connectivity index (χ3v) is 11.5. The largest absolute Gasteiger partial charge is 0.310 e. The van der Waals surface area contributed by atoms with E-state index in [-0.39, 0.29) is 0 Å². The van der Waals surface area contributed by atoms with E-state index in [1.807, 2.05) is 11.3 Å². The zero-order chi connectivity index (χ0) is 35.8. The number of anilines is 3. The van der Waals surface area contributed by atoms with Gasteiger partial charge in [-0.2, -0.15) is 0 Å². The van der Waals surface area contributed by atoms with E-state index in [9.17, 15) is 0 Å². The van der Waals surface area contributed by atoms with E-state index >= 15 is 0 Å². The lowest BCUT2D eigenvalue weighted by Gasteiger charge is -2.25. The fourth-order valence-corrected chi connectivity index (χ4v) is 9.11. The summed E-state index contributed by atoms with van der Waals surface area (Å²) in [6, 6.07) is 72.4. The molecule has 0 bridgehead atoms. The van der Waals surface area contributed by atoms with Crippen molar-refractivity contribution in [1.82, 2.24) is 0 Å². The molecule has 1 nitrogen and oxygen atoms in total. The van der Waals surface area contributed by atoms with E-state index in [1.165, 1.54) is 75.1 Å². The van der Waals surface area contributed by atoms with Gasteiger partial charge in [-0.3, -0.25) is 0 Å². The predicted molar refractivity (Wildman–Crippen MR) is 235 cm³/mol. The van der Waals surface area contributed by atoms with Gasteiger partial charge in [0.05, 0.1) is 0 Å². The van der Waals surface area contributed by atoms with Crippen LogP contribution >= 0.6 is 11.3 Å². The first-order valence-corrected chi connectivity index (χ1v) is 19.2. The van der Waals surface area contributed by atoms with Gasteiger partial charge in [-0.15, -0.1) is 11.3 Å². The van der Waals surface area contributed by atoms with Crippen molar-refractivity contribution >= 4 is 82.3 Å². The first kappa shape index (κ1) is 32.0. The molecule has 0 atom stereocenters. The summed E-state index contributed by atoms with van der Waals surface area (Å²) in [6.07, 6.45) is 4.46. The van der Waals surface area contributed by atoms with Crippen LogP contribution in [0.2, 0.25) is 0 Å². The topological polar surface area (TPSA) is 3.24 Å². The molecule has 10 aromatic rings. The van der Waals surface area contributed by atoms with Crippen LogP contribution in [-0.4, -0.2) is 0 Å². The Balaban J connectivity index is 0.987. The highest BCUT2D eigenvalue weighted by molar-refractivity contribution is 7.25. The second kappa shape index (κ2) is 13.7. The highest BCUT2D eigenvalue weighted by Crippen LogP contribution is 2.45. The van der Waals surface area contributed by atoms with Crippen LogP contribution in [0.25, 0.3) is 76.1 Å². The molecule has 54 heavy (non-hydrogen) atoms. The first-order valence-electron chi connectivity index (χ1n) is 18.4. The van der Waals surface area contributed by atoms with Gasteiger partial charge in [-0.05, 0) is 97.4 Å². The maximum absolute atomic E-state index is 2.33. The molecule has 0 amide bonds. The molecule has 10 rings (SSSR count). The number of nitrogens with zero attached hydrogens (tertiary/aromatic N) is 1. The van der Waals surface area contributed by atoms with Crippen LogP contribution in [0.1, 0.15) is 11.1 Å². The van der Waals surface area contributed by atoms with Crippen molar-refractivity contribution in [2.24, 2.45) is 0 Å². The van der Waals surface area contributed by atoms with E-state index in [0.29, 0.717) is 0 Å². The molecule has 0 unspecified atom stereocenters. The SMILES string of the molecule is C(=C\c1ccc2c(c1)sc1cc(N(c3ccccc3)c3ccccc3)ccc12)/c1ccc(-c2c(-c3ccccc3)c3ccccc3c3ccccc23)cc1. The molecule has 2 heteroatoms. The summed E-state index contributed by atoms with van der Waals surface area (Å²) in [5, 5.41) is 7.71. The number of hydrogen-bond acceptors (Lipinski definition) is 2. The minimum Gasteiger partial charge on any atom is -0.310 e. The van der Waals surface area contributed by atoms with Crippen molar-refractivity contribution in [2.45, 2.75) is 0 Å². The number of rotatable bonds is 7. The zero-order valence-electron chi connectivity index (χ0n) is 29.6. The number of benzene rings is 9. The molecule has 0 N–H and O–H groups in total. The Morgan fingerprint density at radius 2 is 0.759 bits per heavy atom. The van der Waals surface area contributed by atoms with Gasteiger partial charge in [-0.25, -0.2) is 0 Å². The van der Waals surface area contributed by atoms with Crippen molar-refractivity contribution in [2.75, 3.05) is 4.90 Å². The lowest BCUT2D eigenvalue weighted by atomic mass is 9.85. The third kappa shape index (κ3) is 5.74. The lowest BCUT2D eigenvalue weighted by molar-refractivity contribution is 1.29. The normalized spacial score (nSPS) is 11.6. The molecule has 1 aromatic heterocycles. The average molecular weight is 706 g/mol. The molecule has 0 radical (unpaired) electrons. The summed E-state index contributed by atoms with van der Waals surface area (Å²) < 4.78 is 2.58. The highest BCUT2D eigenvalue weighted by Gasteiger charge is 2.18. The Labute approximate surface area is 319 Å². The van der Waals surface area contributed by atoms with Gasteiger partial charge in [0.1, 0.15) is 0 Å². The Kier molecular flexibility index (Phi) is 8.09. The van der Waals surface area contributed by atoms with E-state index in [2.05, 4.69) is 217 Å². The van der Waals surface area contributed by atoms with Crippen molar-refractivity contribution in [3.8, 4) is 22.3 Å². The van der Waals surface area contributed by atoms with Gasteiger partial charge < -0.3 is 4.90 Å². The summed E-state index contributed by atoms with van der Waals surface area (Å²) >= 11 is 1.86. The fourth-order valence-electron chi connectivity index (χ4n) is 7.93. The number of thiophene rings is 1. The Morgan fingerprint density at radius 1 is 0.315 bits per heavy atom. The number of para-hydroxylation sites is 2. The molecule has 0 aliphatic carbocycles. The summed E-state index contributed by atoms with van der Waals surface area (Å²) in [5.74, 6) is 0.